The zero-order chi connectivity index (χ0) is 18.8. The lowest BCUT2D eigenvalue weighted by Crippen LogP contribution is -2.34. The molecule has 3 aromatic rings. The van der Waals surface area contributed by atoms with Crippen LogP contribution < -0.4 is 10.2 Å². The van der Waals surface area contributed by atoms with Crippen LogP contribution in [0.1, 0.15) is 11.4 Å². The van der Waals surface area contributed by atoms with Gasteiger partial charge in [0, 0.05) is 36.6 Å². The number of carbonyl (C=O) groups is 2. The van der Waals surface area contributed by atoms with Gasteiger partial charge in [-0.05, 0) is 30.3 Å². The van der Waals surface area contributed by atoms with Gasteiger partial charge < -0.3 is 10.2 Å². The first-order valence-corrected chi connectivity index (χ1v) is 9.98. The van der Waals surface area contributed by atoms with Crippen LogP contribution in [0.15, 0.2) is 48.5 Å². The van der Waals surface area contributed by atoms with Gasteiger partial charge in [-0.25, -0.2) is 4.98 Å². The molecule has 7 heteroatoms. The van der Waals surface area contributed by atoms with E-state index in [-0.39, 0.29) is 24.2 Å². The number of hydrogen-bond acceptors (Lipinski definition) is 4. The van der Waals surface area contributed by atoms with Gasteiger partial charge in [0.05, 0.1) is 21.1 Å². The highest BCUT2D eigenvalue weighted by atomic mass is 35.5. The third-order valence-electron chi connectivity index (χ3n) is 4.59. The molecule has 5 nitrogen and oxygen atoms in total. The summed E-state index contributed by atoms with van der Waals surface area (Å²) in [5.41, 5.74) is 1.72. The van der Waals surface area contributed by atoms with Crippen LogP contribution in [0.2, 0.25) is 5.02 Å². The van der Waals surface area contributed by atoms with E-state index >= 15 is 0 Å². The van der Waals surface area contributed by atoms with Gasteiger partial charge in [-0.1, -0.05) is 29.8 Å². The fraction of sp³-hybridized carbons (Fsp3) is 0.250. The molecule has 1 fully saturated rings. The molecule has 1 N–H and O–H groups in total. The lowest BCUT2D eigenvalue weighted by Gasteiger charge is -2.17. The highest BCUT2D eigenvalue weighted by Crippen LogP contribution is 2.27. The Labute approximate surface area is 166 Å². The normalized spacial score (nSPS) is 16.9. The van der Waals surface area contributed by atoms with Crippen molar-refractivity contribution in [2.75, 3.05) is 18.0 Å². The molecular weight excluding hydrogens is 382 g/mol. The van der Waals surface area contributed by atoms with Crippen LogP contribution in [0.3, 0.4) is 0 Å². The Morgan fingerprint density at radius 2 is 2.11 bits per heavy atom. The van der Waals surface area contributed by atoms with E-state index in [4.69, 9.17) is 11.6 Å². The summed E-state index contributed by atoms with van der Waals surface area (Å²) in [7, 11) is 0. The van der Waals surface area contributed by atoms with E-state index in [2.05, 4.69) is 10.3 Å². The molecule has 0 saturated carbocycles. The third kappa shape index (κ3) is 3.96. The van der Waals surface area contributed by atoms with Gasteiger partial charge in [0.15, 0.2) is 0 Å². The largest absolute Gasteiger partial charge is 0.355 e. The van der Waals surface area contributed by atoms with Gasteiger partial charge in [0.25, 0.3) is 0 Å². The van der Waals surface area contributed by atoms with Gasteiger partial charge in [0.2, 0.25) is 11.8 Å². The standard InChI is InChI=1S/C20H18ClN3O2S/c21-14-4-3-5-15(11-14)24-12-13(10-19(24)25)20(26)22-9-8-18-23-16-6-1-2-7-17(16)27-18/h1-7,11,13H,8-10,12H2,(H,22,26). The minimum atomic E-state index is -0.341. The Kier molecular flexibility index (Phi) is 5.09. The molecule has 1 unspecified atom stereocenters. The molecule has 4 rings (SSSR count). The van der Waals surface area contributed by atoms with Crippen molar-refractivity contribution >= 4 is 50.7 Å². The van der Waals surface area contributed by atoms with Crippen molar-refractivity contribution in [1.82, 2.24) is 10.3 Å². The van der Waals surface area contributed by atoms with Crippen LogP contribution >= 0.6 is 22.9 Å². The summed E-state index contributed by atoms with van der Waals surface area (Å²) in [5, 5.41) is 4.52. The summed E-state index contributed by atoms with van der Waals surface area (Å²) in [6.45, 7) is 0.895. The Bertz CT molecular complexity index is 971. The maximum Gasteiger partial charge on any atom is 0.227 e. The first-order valence-electron chi connectivity index (χ1n) is 8.78. The fourth-order valence-corrected chi connectivity index (χ4v) is 4.39. The van der Waals surface area contributed by atoms with Crippen molar-refractivity contribution in [3.63, 3.8) is 0 Å². The maximum absolute atomic E-state index is 12.5. The second-order valence-electron chi connectivity index (χ2n) is 6.50. The average molecular weight is 400 g/mol. The zero-order valence-corrected chi connectivity index (χ0v) is 16.1. The first-order chi connectivity index (χ1) is 13.1. The minimum Gasteiger partial charge on any atom is -0.355 e. The quantitative estimate of drug-likeness (QED) is 0.712. The van der Waals surface area contributed by atoms with Crippen LogP contribution in [0, 0.1) is 5.92 Å². The summed E-state index contributed by atoms with van der Waals surface area (Å²) in [6.07, 6.45) is 0.906. The number of thiazole rings is 1. The summed E-state index contributed by atoms with van der Waals surface area (Å²) in [6, 6.07) is 15.1. The van der Waals surface area contributed by atoms with E-state index < -0.39 is 0 Å². The van der Waals surface area contributed by atoms with Crippen LogP contribution in [-0.4, -0.2) is 29.9 Å². The smallest absolute Gasteiger partial charge is 0.227 e. The van der Waals surface area contributed by atoms with Crippen LogP contribution in [-0.2, 0) is 16.0 Å². The third-order valence-corrected chi connectivity index (χ3v) is 5.92. The molecule has 0 spiro atoms. The summed E-state index contributed by atoms with van der Waals surface area (Å²) in [4.78, 5) is 31.0. The number of para-hydroxylation sites is 1. The molecule has 1 atom stereocenters. The Morgan fingerprint density at radius 1 is 1.26 bits per heavy atom. The number of fused-ring (bicyclic) bond motifs is 1. The molecule has 1 aliphatic rings. The molecule has 2 amide bonds. The molecule has 0 aliphatic carbocycles. The van der Waals surface area contributed by atoms with E-state index in [1.807, 2.05) is 30.3 Å². The molecule has 1 aromatic heterocycles. The van der Waals surface area contributed by atoms with Gasteiger partial charge >= 0.3 is 0 Å². The Hall–Kier alpha value is -2.44. The molecule has 0 bridgehead atoms. The number of halogens is 1. The van der Waals surface area contributed by atoms with E-state index in [1.165, 1.54) is 0 Å². The topological polar surface area (TPSA) is 62.3 Å². The molecule has 2 heterocycles. The van der Waals surface area contributed by atoms with E-state index in [9.17, 15) is 9.59 Å². The molecule has 0 radical (unpaired) electrons. The molecule has 2 aromatic carbocycles. The molecule has 1 aliphatic heterocycles. The number of nitrogens with one attached hydrogen (secondary N) is 1. The monoisotopic (exact) mass is 399 g/mol. The van der Waals surface area contributed by atoms with Crippen LogP contribution in [0.4, 0.5) is 5.69 Å². The van der Waals surface area contributed by atoms with Crippen molar-refractivity contribution in [3.8, 4) is 0 Å². The van der Waals surface area contributed by atoms with Crippen molar-refractivity contribution in [3.05, 3.63) is 58.6 Å². The molecule has 1 saturated heterocycles. The number of anilines is 1. The lowest BCUT2D eigenvalue weighted by atomic mass is 10.1. The van der Waals surface area contributed by atoms with Gasteiger partial charge in [-0.3, -0.25) is 9.59 Å². The van der Waals surface area contributed by atoms with E-state index in [0.29, 0.717) is 24.5 Å². The number of amides is 2. The van der Waals surface area contributed by atoms with Crippen molar-refractivity contribution in [1.29, 1.82) is 0 Å². The SMILES string of the molecule is O=C(NCCc1nc2ccccc2s1)C1CC(=O)N(c2cccc(Cl)c2)C1. The fourth-order valence-electron chi connectivity index (χ4n) is 3.24. The second kappa shape index (κ2) is 7.66. The number of carbonyl (C=O) groups excluding carboxylic acids is 2. The predicted octanol–water partition coefficient (Wildman–Crippen LogP) is 3.66. The van der Waals surface area contributed by atoms with Crippen molar-refractivity contribution in [2.45, 2.75) is 12.8 Å². The number of aromatic nitrogens is 1. The Balaban J connectivity index is 1.33. The number of nitrogens with zero attached hydrogens (tertiary/aromatic N) is 2. The van der Waals surface area contributed by atoms with Gasteiger partial charge in [0.1, 0.15) is 0 Å². The first kappa shape index (κ1) is 17.9. The Morgan fingerprint density at radius 3 is 2.93 bits per heavy atom. The summed E-state index contributed by atoms with van der Waals surface area (Å²) in [5.74, 6) is -0.482. The number of rotatable bonds is 5. The van der Waals surface area contributed by atoms with Crippen LogP contribution in [0.5, 0.6) is 0 Å². The van der Waals surface area contributed by atoms with Crippen LogP contribution in [0.25, 0.3) is 10.2 Å². The number of benzene rings is 2. The molecule has 138 valence electrons. The van der Waals surface area contributed by atoms with Crippen molar-refractivity contribution < 1.29 is 9.59 Å². The average Bonchev–Trinajstić information content (AvgIpc) is 3.24. The van der Waals surface area contributed by atoms with Crippen molar-refractivity contribution in [2.24, 2.45) is 5.92 Å². The predicted molar refractivity (Wildman–Crippen MR) is 108 cm³/mol. The second-order valence-corrected chi connectivity index (χ2v) is 8.05. The number of hydrogen-bond donors (Lipinski definition) is 1. The van der Waals surface area contributed by atoms with Gasteiger partial charge in [-0.2, -0.15) is 0 Å². The minimum absolute atomic E-state index is 0.0522. The summed E-state index contributed by atoms with van der Waals surface area (Å²) < 4.78 is 1.15. The van der Waals surface area contributed by atoms with E-state index in [1.54, 1.807) is 34.4 Å². The highest BCUT2D eigenvalue weighted by molar-refractivity contribution is 7.18. The highest BCUT2D eigenvalue weighted by Gasteiger charge is 2.35. The van der Waals surface area contributed by atoms with Gasteiger partial charge in [-0.15, -0.1) is 11.3 Å². The molecule has 27 heavy (non-hydrogen) atoms. The summed E-state index contributed by atoms with van der Waals surface area (Å²) >= 11 is 7.65. The maximum atomic E-state index is 12.5. The zero-order valence-electron chi connectivity index (χ0n) is 14.5. The molecular formula is C20H18ClN3O2S. The van der Waals surface area contributed by atoms with E-state index in [0.717, 1.165) is 20.9 Å². The lowest BCUT2D eigenvalue weighted by molar-refractivity contribution is -0.126.